The topological polar surface area (TPSA) is 60.2 Å². The SMILES string of the molecule is C=CC(N)=O.CCCC=O. The van der Waals surface area contributed by atoms with Gasteiger partial charge in [0.2, 0.25) is 5.91 Å². The first-order valence-electron chi connectivity index (χ1n) is 3.04. The largest absolute Gasteiger partial charge is 0.366 e. The Hall–Kier alpha value is -1.12. The molecule has 0 atom stereocenters. The number of unbranched alkanes of at least 4 members (excludes halogenated alkanes) is 1. The van der Waals surface area contributed by atoms with Gasteiger partial charge in [0.05, 0.1) is 0 Å². The molecule has 0 rings (SSSR count). The van der Waals surface area contributed by atoms with Gasteiger partial charge in [-0.2, -0.15) is 0 Å². The van der Waals surface area contributed by atoms with Crippen molar-refractivity contribution in [2.75, 3.05) is 0 Å². The molecular formula is C7H13NO2. The summed E-state index contributed by atoms with van der Waals surface area (Å²) in [5.41, 5.74) is 4.53. The van der Waals surface area contributed by atoms with E-state index in [2.05, 4.69) is 12.3 Å². The highest BCUT2D eigenvalue weighted by Crippen LogP contribution is 1.74. The Kier molecular flexibility index (Phi) is 12.6. The molecule has 0 aromatic heterocycles. The fourth-order valence-electron chi connectivity index (χ4n) is 0.118. The zero-order valence-electron chi connectivity index (χ0n) is 6.17. The summed E-state index contributed by atoms with van der Waals surface area (Å²) >= 11 is 0. The third kappa shape index (κ3) is 28.7. The maximum atomic E-state index is 9.47. The molecule has 0 fully saturated rings. The highest BCUT2D eigenvalue weighted by atomic mass is 16.1. The smallest absolute Gasteiger partial charge is 0.240 e. The van der Waals surface area contributed by atoms with Gasteiger partial charge in [0.25, 0.3) is 0 Å². The maximum Gasteiger partial charge on any atom is 0.240 e. The van der Waals surface area contributed by atoms with Crippen molar-refractivity contribution in [1.82, 2.24) is 0 Å². The molecule has 3 heteroatoms. The molecule has 0 bridgehead atoms. The van der Waals surface area contributed by atoms with E-state index in [1.54, 1.807) is 0 Å². The lowest BCUT2D eigenvalue weighted by Crippen LogP contribution is -2.04. The molecule has 0 aromatic rings. The summed E-state index contributed by atoms with van der Waals surface area (Å²) in [6.45, 7) is 5.07. The highest BCUT2D eigenvalue weighted by molar-refractivity contribution is 5.84. The Morgan fingerprint density at radius 1 is 1.70 bits per heavy atom. The van der Waals surface area contributed by atoms with Crippen molar-refractivity contribution in [2.45, 2.75) is 19.8 Å². The van der Waals surface area contributed by atoms with Crippen LogP contribution in [0.4, 0.5) is 0 Å². The summed E-state index contributed by atoms with van der Waals surface area (Å²) in [6, 6.07) is 0. The van der Waals surface area contributed by atoms with Crippen LogP contribution in [0, 0.1) is 0 Å². The second-order valence-corrected chi connectivity index (χ2v) is 1.56. The van der Waals surface area contributed by atoms with Crippen LogP contribution in [-0.4, -0.2) is 12.2 Å². The number of nitrogens with two attached hydrogens (primary N) is 1. The van der Waals surface area contributed by atoms with Gasteiger partial charge >= 0.3 is 0 Å². The van der Waals surface area contributed by atoms with Crippen molar-refractivity contribution < 1.29 is 9.59 Å². The van der Waals surface area contributed by atoms with Crippen LogP contribution >= 0.6 is 0 Å². The second kappa shape index (κ2) is 10.8. The van der Waals surface area contributed by atoms with Gasteiger partial charge < -0.3 is 10.5 Å². The highest BCUT2D eigenvalue weighted by Gasteiger charge is 1.69. The van der Waals surface area contributed by atoms with E-state index < -0.39 is 5.91 Å². The molecule has 0 heterocycles. The summed E-state index contributed by atoms with van der Waals surface area (Å²) in [5, 5.41) is 0. The Morgan fingerprint density at radius 3 is 2.10 bits per heavy atom. The number of hydrogen-bond donors (Lipinski definition) is 1. The molecule has 0 aliphatic rings. The summed E-state index contributed by atoms with van der Waals surface area (Å²) in [5.74, 6) is -0.481. The van der Waals surface area contributed by atoms with E-state index in [0.29, 0.717) is 6.42 Å². The molecule has 0 spiro atoms. The number of rotatable bonds is 3. The van der Waals surface area contributed by atoms with E-state index in [1.165, 1.54) is 0 Å². The van der Waals surface area contributed by atoms with Crippen molar-refractivity contribution in [3.8, 4) is 0 Å². The Labute approximate surface area is 60.9 Å². The molecule has 0 aliphatic heterocycles. The van der Waals surface area contributed by atoms with Crippen molar-refractivity contribution >= 4 is 12.2 Å². The van der Waals surface area contributed by atoms with Crippen LogP contribution in [0.15, 0.2) is 12.7 Å². The van der Waals surface area contributed by atoms with Crippen molar-refractivity contribution in [3.63, 3.8) is 0 Å². The predicted molar refractivity (Wildman–Crippen MR) is 40.4 cm³/mol. The number of primary amides is 1. The first-order valence-corrected chi connectivity index (χ1v) is 3.04. The van der Waals surface area contributed by atoms with Crippen LogP contribution in [0.25, 0.3) is 0 Å². The molecule has 0 saturated heterocycles. The number of carbonyl (C=O) groups is 2. The van der Waals surface area contributed by atoms with E-state index in [9.17, 15) is 9.59 Å². The molecular weight excluding hydrogens is 130 g/mol. The van der Waals surface area contributed by atoms with Crippen LogP contribution in [0.2, 0.25) is 0 Å². The molecule has 0 unspecified atom stereocenters. The number of aldehydes is 1. The van der Waals surface area contributed by atoms with Crippen molar-refractivity contribution in [2.24, 2.45) is 5.73 Å². The fraction of sp³-hybridized carbons (Fsp3) is 0.429. The van der Waals surface area contributed by atoms with Gasteiger partial charge in [0.15, 0.2) is 0 Å². The van der Waals surface area contributed by atoms with E-state index in [-0.39, 0.29) is 0 Å². The van der Waals surface area contributed by atoms with E-state index in [4.69, 9.17) is 0 Å². The average Bonchev–Trinajstić information content (AvgIpc) is 1.91. The molecule has 2 N–H and O–H groups in total. The molecule has 58 valence electrons. The minimum absolute atomic E-state index is 0.481. The van der Waals surface area contributed by atoms with Crippen molar-refractivity contribution in [3.05, 3.63) is 12.7 Å². The van der Waals surface area contributed by atoms with Gasteiger partial charge in [-0.15, -0.1) is 0 Å². The summed E-state index contributed by atoms with van der Waals surface area (Å²) in [7, 11) is 0. The third-order valence-corrected chi connectivity index (χ3v) is 0.608. The molecule has 3 nitrogen and oxygen atoms in total. The van der Waals surface area contributed by atoms with E-state index in [0.717, 1.165) is 18.8 Å². The molecule has 0 radical (unpaired) electrons. The molecule has 1 amide bonds. The van der Waals surface area contributed by atoms with Crippen LogP contribution in [0.3, 0.4) is 0 Å². The lowest BCUT2D eigenvalue weighted by Gasteiger charge is -1.68. The van der Waals surface area contributed by atoms with Crippen LogP contribution in [0.1, 0.15) is 19.8 Å². The van der Waals surface area contributed by atoms with Gasteiger partial charge in [0, 0.05) is 6.42 Å². The van der Waals surface area contributed by atoms with Gasteiger partial charge in [-0.05, 0) is 12.5 Å². The van der Waals surface area contributed by atoms with Gasteiger partial charge in [0.1, 0.15) is 6.29 Å². The minimum atomic E-state index is -0.481. The second-order valence-electron chi connectivity index (χ2n) is 1.56. The molecule has 0 aliphatic carbocycles. The minimum Gasteiger partial charge on any atom is -0.366 e. The van der Waals surface area contributed by atoms with Gasteiger partial charge in [-0.1, -0.05) is 13.5 Å². The Bertz CT molecular complexity index is 110. The molecule has 10 heavy (non-hydrogen) atoms. The van der Waals surface area contributed by atoms with Gasteiger partial charge in [-0.3, -0.25) is 4.79 Å². The maximum absolute atomic E-state index is 9.47. The summed E-state index contributed by atoms with van der Waals surface area (Å²) < 4.78 is 0. The fourth-order valence-corrected chi connectivity index (χ4v) is 0.118. The number of hydrogen-bond acceptors (Lipinski definition) is 2. The van der Waals surface area contributed by atoms with E-state index in [1.807, 2.05) is 6.92 Å². The Balaban J connectivity index is 0. The van der Waals surface area contributed by atoms with Crippen LogP contribution < -0.4 is 5.73 Å². The standard InChI is InChI=1S/C4H8O.C3H5NO/c1-2-3-4-5;1-2-3(4)5/h4H,2-3H2,1H3;2H,1H2,(H2,4,5). The third-order valence-electron chi connectivity index (χ3n) is 0.608. The number of carbonyl (C=O) groups excluding carboxylic acids is 2. The first-order chi connectivity index (χ1) is 4.68. The van der Waals surface area contributed by atoms with Gasteiger partial charge in [-0.25, -0.2) is 0 Å². The van der Waals surface area contributed by atoms with Crippen molar-refractivity contribution in [1.29, 1.82) is 0 Å². The molecule has 0 saturated carbocycles. The summed E-state index contributed by atoms with van der Waals surface area (Å²) in [6.07, 6.45) is 3.67. The lowest BCUT2D eigenvalue weighted by atomic mass is 10.4. The summed E-state index contributed by atoms with van der Waals surface area (Å²) in [4.78, 5) is 18.9. The van der Waals surface area contributed by atoms with Crippen LogP contribution in [0.5, 0.6) is 0 Å². The van der Waals surface area contributed by atoms with E-state index >= 15 is 0 Å². The average molecular weight is 143 g/mol. The lowest BCUT2D eigenvalue weighted by molar-refractivity contribution is -0.113. The zero-order valence-corrected chi connectivity index (χ0v) is 6.17. The normalized spacial score (nSPS) is 6.90. The zero-order chi connectivity index (χ0) is 8.41. The number of amides is 1. The monoisotopic (exact) mass is 143 g/mol. The Morgan fingerprint density at radius 2 is 2.10 bits per heavy atom. The predicted octanol–water partition coefficient (Wildman–Crippen LogP) is 0.643. The van der Waals surface area contributed by atoms with Crippen LogP contribution in [-0.2, 0) is 9.59 Å². The molecule has 0 aromatic carbocycles. The quantitative estimate of drug-likeness (QED) is 0.465. The first kappa shape index (κ1) is 11.6.